The molecule has 2 heteroatoms. The number of hydrogen-bond donors (Lipinski definition) is 1. The summed E-state index contributed by atoms with van der Waals surface area (Å²) in [4.78, 5) is 0. The molecule has 0 spiro atoms. The standard InChI is InChI=1S/C19H31NO/c1-5-20-18(17-12-11-14(2)15(3)13-17)19(21-4)16-9-7-6-8-10-16/h6-10,14-15,17-20H,5,11-13H2,1-4H3. The average molecular weight is 289 g/mol. The normalized spacial score (nSPS) is 29.0. The van der Waals surface area contributed by atoms with Gasteiger partial charge < -0.3 is 10.1 Å². The fourth-order valence-corrected chi connectivity index (χ4v) is 3.80. The summed E-state index contributed by atoms with van der Waals surface area (Å²) < 4.78 is 5.90. The van der Waals surface area contributed by atoms with Crippen LogP contribution in [0.15, 0.2) is 30.3 Å². The Bertz CT molecular complexity index is 405. The summed E-state index contributed by atoms with van der Waals surface area (Å²) in [6.07, 6.45) is 4.12. The van der Waals surface area contributed by atoms with Gasteiger partial charge >= 0.3 is 0 Å². The highest BCUT2D eigenvalue weighted by Gasteiger charge is 2.34. The van der Waals surface area contributed by atoms with Crippen molar-refractivity contribution in [1.82, 2.24) is 5.32 Å². The molecule has 5 atom stereocenters. The van der Waals surface area contributed by atoms with E-state index in [4.69, 9.17) is 4.74 Å². The van der Waals surface area contributed by atoms with E-state index in [0.717, 1.165) is 18.4 Å². The molecule has 1 fully saturated rings. The summed E-state index contributed by atoms with van der Waals surface area (Å²) >= 11 is 0. The molecule has 0 heterocycles. The average Bonchev–Trinajstić information content (AvgIpc) is 2.51. The van der Waals surface area contributed by atoms with Gasteiger partial charge in [0.15, 0.2) is 0 Å². The Labute approximate surface area is 130 Å². The van der Waals surface area contributed by atoms with Gasteiger partial charge in [-0.25, -0.2) is 0 Å². The molecule has 1 aromatic rings. The Kier molecular flexibility index (Phi) is 6.25. The number of likely N-dealkylation sites (N-methyl/N-ethyl adjacent to an activating group) is 1. The van der Waals surface area contributed by atoms with E-state index in [-0.39, 0.29) is 6.10 Å². The summed E-state index contributed by atoms with van der Waals surface area (Å²) in [6.45, 7) is 8.00. The molecule has 0 bridgehead atoms. The lowest BCUT2D eigenvalue weighted by molar-refractivity contribution is 0.0282. The fourth-order valence-electron chi connectivity index (χ4n) is 3.80. The van der Waals surface area contributed by atoms with Gasteiger partial charge in [-0.3, -0.25) is 0 Å². The molecular weight excluding hydrogens is 258 g/mol. The van der Waals surface area contributed by atoms with E-state index in [1.807, 2.05) is 7.11 Å². The zero-order valence-electron chi connectivity index (χ0n) is 14.0. The van der Waals surface area contributed by atoms with Crippen LogP contribution >= 0.6 is 0 Å². The molecule has 0 aliphatic heterocycles. The van der Waals surface area contributed by atoms with E-state index in [0.29, 0.717) is 12.0 Å². The molecule has 0 amide bonds. The Morgan fingerprint density at radius 3 is 2.43 bits per heavy atom. The van der Waals surface area contributed by atoms with Crippen LogP contribution in [0.25, 0.3) is 0 Å². The fraction of sp³-hybridized carbons (Fsp3) is 0.684. The summed E-state index contributed by atoms with van der Waals surface area (Å²) in [5.74, 6) is 2.39. The van der Waals surface area contributed by atoms with Crippen molar-refractivity contribution in [1.29, 1.82) is 0 Å². The zero-order valence-corrected chi connectivity index (χ0v) is 14.0. The van der Waals surface area contributed by atoms with Gasteiger partial charge in [-0.05, 0) is 42.7 Å². The van der Waals surface area contributed by atoms with Crippen LogP contribution in [-0.4, -0.2) is 19.7 Å². The van der Waals surface area contributed by atoms with Gasteiger partial charge in [-0.15, -0.1) is 0 Å². The van der Waals surface area contributed by atoms with Gasteiger partial charge in [0.25, 0.3) is 0 Å². The summed E-state index contributed by atoms with van der Waals surface area (Å²) in [6, 6.07) is 11.1. The number of ether oxygens (including phenoxy) is 1. The Morgan fingerprint density at radius 2 is 1.86 bits per heavy atom. The summed E-state index contributed by atoms with van der Waals surface area (Å²) in [7, 11) is 1.84. The third kappa shape index (κ3) is 4.08. The van der Waals surface area contributed by atoms with Crippen molar-refractivity contribution in [3.05, 3.63) is 35.9 Å². The Hall–Kier alpha value is -0.860. The van der Waals surface area contributed by atoms with E-state index in [1.54, 1.807) is 0 Å². The summed E-state index contributed by atoms with van der Waals surface area (Å²) in [5.41, 5.74) is 1.29. The monoisotopic (exact) mass is 289 g/mol. The van der Waals surface area contributed by atoms with Crippen LogP contribution in [-0.2, 0) is 4.74 Å². The van der Waals surface area contributed by atoms with E-state index in [9.17, 15) is 0 Å². The SMILES string of the molecule is CCNC(C1CCC(C)C(C)C1)C(OC)c1ccccc1. The van der Waals surface area contributed by atoms with Crippen molar-refractivity contribution in [2.75, 3.05) is 13.7 Å². The lowest BCUT2D eigenvalue weighted by Gasteiger charge is -2.40. The minimum atomic E-state index is 0.150. The third-order valence-electron chi connectivity index (χ3n) is 5.29. The predicted molar refractivity (Wildman–Crippen MR) is 89.3 cm³/mol. The molecule has 0 saturated heterocycles. The highest BCUT2D eigenvalue weighted by molar-refractivity contribution is 5.19. The van der Waals surface area contributed by atoms with Gasteiger partial charge in [0.1, 0.15) is 0 Å². The van der Waals surface area contributed by atoms with Crippen molar-refractivity contribution in [3.8, 4) is 0 Å². The lowest BCUT2D eigenvalue weighted by atomic mass is 9.71. The van der Waals surface area contributed by atoms with Crippen LogP contribution in [0.5, 0.6) is 0 Å². The number of rotatable bonds is 6. The first-order valence-electron chi connectivity index (χ1n) is 8.48. The van der Waals surface area contributed by atoms with Gasteiger partial charge in [0.2, 0.25) is 0 Å². The number of hydrogen-bond acceptors (Lipinski definition) is 2. The number of benzene rings is 1. The zero-order chi connectivity index (χ0) is 15.2. The second-order valence-corrected chi connectivity index (χ2v) is 6.68. The van der Waals surface area contributed by atoms with Crippen molar-refractivity contribution >= 4 is 0 Å². The maximum Gasteiger partial charge on any atom is 0.0976 e. The minimum Gasteiger partial charge on any atom is -0.375 e. The molecule has 21 heavy (non-hydrogen) atoms. The van der Waals surface area contributed by atoms with E-state index >= 15 is 0 Å². The lowest BCUT2D eigenvalue weighted by Crippen LogP contribution is -2.44. The first kappa shape index (κ1) is 16.5. The molecule has 1 N–H and O–H groups in total. The molecule has 1 saturated carbocycles. The van der Waals surface area contributed by atoms with Crippen molar-refractivity contribution in [3.63, 3.8) is 0 Å². The smallest absolute Gasteiger partial charge is 0.0976 e. The van der Waals surface area contributed by atoms with Crippen LogP contribution < -0.4 is 5.32 Å². The van der Waals surface area contributed by atoms with Crippen LogP contribution in [0.3, 0.4) is 0 Å². The molecule has 1 aliphatic carbocycles. The largest absolute Gasteiger partial charge is 0.375 e. The van der Waals surface area contributed by atoms with Gasteiger partial charge in [0, 0.05) is 13.2 Å². The Balaban J connectivity index is 2.16. The molecule has 0 radical (unpaired) electrons. The molecule has 2 nitrogen and oxygen atoms in total. The van der Waals surface area contributed by atoms with Gasteiger partial charge in [-0.2, -0.15) is 0 Å². The molecular formula is C19H31NO. The highest BCUT2D eigenvalue weighted by Crippen LogP contribution is 2.38. The molecule has 1 aliphatic rings. The first-order valence-corrected chi connectivity index (χ1v) is 8.48. The third-order valence-corrected chi connectivity index (χ3v) is 5.29. The summed E-state index contributed by atoms with van der Waals surface area (Å²) in [5, 5.41) is 3.71. The maximum atomic E-state index is 5.90. The van der Waals surface area contributed by atoms with E-state index in [1.165, 1.54) is 24.8 Å². The highest BCUT2D eigenvalue weighted by atomic mass is 16.5. The molecule has 1 aromatic carbocycles. The maximum absolute atomic E-state index is 5.90. The van der Waals surface area contributed by atoms with Crippen LogP contribution in [0.1, 0.15) is 51.7 Å². The topological polar surface area (TPSA) is 21.3 Å². The predicted octanol–water partition coefficient (Wildman–Crippen LogP) is 4.42. The molecule has 0 aromatic heterocycles. The molecule has 2 rings (SSSR count). The van der Waals surface area contributed by atoms with Crippen molar-refractivity contribution in [2.45, 2.75) is 52.2 Å². The molecule has 118 valence electrons. The van der Waals surface area contributed by atoms with Crippen LogP contribution in [0.2, 0.25) is 0 Å². The number of nitrogens with one attached hydrogen (secondary N) is 1. The quantitative estimate of drug-likeness (QED) is 0.837. The Morgan fingerprint density at radius 1 is 1.14 bits per heavy atom. The van der Waals surface area contributed by atoms with Crippen molar-refractivity contribution in [2.24, 2.45) is 17.8 Å². The molecule has 5 unspecified atom stereocenters. The van der Waals surface area contributed by atoms with Crippen LogP contribution in [0, 0.1) is 17.8 Å². The second kappa shape index (κ2) is 7.95. The van der Waals surface area contributed by atoms with Crippen molar-refractivity contribution < 1.29 is 4.74 Å². The number of methoxy groups -OCH3 is 1. The van der Waals surface area contributed by atoms with Crippen LogP contribution in [0.4, 0.5) is 0 Å². The first-order chi connectivity index (χ1) is 10.2. The van der Waals surface area contributed by atoms with E-state index in [2.05, 4.69) is 56.4 Å². The van der Waals surface area contributed by atoms with E-state index < -0.39 is 0 Å². The second-order valence-electron chi connectivity index (χ2n) is 6.68. The van der Waals surface area contributed by atoms with Gasteiger partial charge in [0.05, 0.1) is 6.10 Å². The van der Waals surface area contributed by atoms with Gasteiger partial charge in [-0.1, -0.05) is 57.5 Å². The minimum absolute atomic E-state index is 0.150.